The number of carbonyl (C=O) groups excluding carboxylic acids is 1. The first-order valence-corrected chi connectivity index (χ1v) is 6.84. The number of carbonyl (C=O) groups is 1. The van der Waals surface area contributed by atoms with Crippen LogP contribution in [-0.4, -0.2) is 30.0 Å². The summed E-state index contributed by atoms with van der Waals surface area (Å²) in [4.78, 5) is 24.3. The van der Waals surface area contributed by atoms with Gasteiger partial charge in [-0.2, -0.15) is 5.26 Å². The van der Waals surface area contributed by atoms with Gasteiger partial charge in [-0.25, -0.2) is 0 Å². The van der Waals surface area contributed by atoms with Crippen LogP contribution in [0.4, 0.5) is 11.4 Å². The summed E-state index contributed by atoms with van der Waals surface area (Å²) in [5, 5.41) is 22.9. The molecule has 1 N–H and O–H groups in total. The van der Waals surface area contributed by atoms with Crippen LogP contribution in [0, 0.1) is 27.4 Å². The molecule has 0 spiro atoms. The number of nitrogens with one attached hydrogen (secondary N) is 1. The number of anilines is 1. The number of piperidine rings is 1. The van der Waals surface area contributed by atoms with Gasteiger partial charge < -0.3 is 10.2 Å². The molecule has 2 heterocycles. The van der Waals surface area contributed by atoms with E-state index in [1.807, 2.05) is 11.0 Å². The first-order valence-electron chi connectivity index (χ1n) is 6.84. The highest BCUT2D eigenvalue weighted by Crippen LogP contribution is 2.33. The van der Waals surface area contributed by atoms with Crippen molar-refractivity contribution in [1.29, 1.82) is 5.26 Å². The van der Waals surface area contributed by atoms with E-state index in [0.29, 0.717) is 12.2 Å². The van der Waals surface area contributed by atoms with Crippen molar-refractivity contribution < 1.29 is 9.72 Å². The molecule has 2 aliphatic heterocycles. The van der Waals surface area contributed by atoms with Crippen LogP contribution in [0.15, 0.2) is 18.2 Å². The van der Waals surface area contributed by atoms with Crippen molar-refractivity contribution in [2.24, 2.45) is 5.92 Å². The predicted octanol–water partition coefficient (Wildman–Crippen LogP) is 1.18. The van der Waals surface area contributed by atoms with E-state index in [0.717, 1.165) is 19.4 Å². The van der Waals surface area contributed by atoms with Crippen molar-refractivity contribution in [2.75, 3.05) is 18.0 Å². The summed E-state index contributed by atoms with van der Waals surface area (Å²) in [6.07, 6.45) is 1.73. The molecule has 2 fully saturated rings. The number of nitro benzene ring substituents is 1. The van der Waals surface area contributed by atoms with Crippen LogP contribution in [0.2, 0.25) is 0 Å². The molecule has 0 saturated carbocycles. The van der Waals surface area contributed by atoms with E-state index in [1.165, 1.54) is 12.1 Å². The highest BCUT2D eigenvalue weighted by molar-refractivity contribution is 5.83. The number of hydrogen-bond donors (Lipinski definition) is 1. The van der Waals surface area contributed by atoms with Gasteiger partial charge in [-0.05, 0) is 25.0 Å². The molecular weight excluding hydrogens is 272 g/mol. The zero-order chi connectivity index (χ0) is 15.0. The van der Waals surface area contributed by atoms with Gasteiger partial charge in [0.05, 0.1) is 16.9 Å². The fourth-order valence-corrected chi connectivity index (χ4v) is 3.22. The van der Waals surface area contributed by atoms with E-state index < -0.39 is 4.92 Å². The summed E-state index contributed by atoms with van der Waals surface area (Å²) in [6.45, 7) is 1.33. The maximum atomic E-state index is 11.8. The van der Waals surface area contributed by atoms with E-state index >= 15 is 0 Å². The lowest BCUT2D eigenvalue weighted by Crippen LogP contribution is -2.45. The largest absolute Gasteiger partial charge is 0.366 e. The number of nitriles is 1. The van der Waals surface area contributed by atoms with Crippen molar-refractivity contribution >= 4 is 17.3 Å². The number of hydrogen-bond acceptors (Lipinski definition) is 5. The Labute approximate surface area is 121 Å². The molecule has 0 aliphatic carbocycles. The average Bonchev–Trinajstić information content (AvgIpc) is 2.88. The second kappa shape index (κ2) is 5.05. The standard InChI is InChI=1S/C14H14N4O3/c15-7-9-3-4-10(6-12(9)18(20)21)17-5-1-2-11-13(17)8-16-14(11)19/h3-4,6,11,13H,1-2,5,8H2,(H,16,19). The molecule has 0 bridgehead atoms. The third kappa shape index (κ3) is 2.18. The first-order chi connectivity index (χ1) is 10.1. The predicted molar refractivity (Wildman–Crippen MR) is 74.7 cm³/mol. The van der Waals surface area contributed by atoms with Crippen LogP contribution in [0.1, 0.15) is 18.4 Å². The monoisotopic (exact) mass is 286 g/mol. The van der Waals surface area contributed by atoms with E-state index in [-0.39, 0.29) is 29.1 Å². The third-order valence-corrected chi connectivity index (χ3v) is 4.23. The molecule has 7 nitrogen and oxygen atoms in total. The number of rotatable bonds is 2. The van der Waals surface area contributed by atoms with Gasteiger partial charge in [-0.1, -0.05) is 0 Å². The molecule has 7 heteroatoms. The summed E-state index contributed by atoms with van der Waals surface area (Å²) in [5.74, 6) is 0.0151. The lowest BCUT2D eigenvalue weighted by Gasteiger charge is -2.37. The molecule has 3 rings (SSSR count). The molecule has 2 saturated heterocycles. The molecule has 1 aromatic rings. The lowest BCUT2D eigenvalue weighted by molar-refractivity contribution is -0.385. The van der Waals surface area contributed by atoms with Gasteiger partial charge in [0, 0.05) is 24.8 Å². The Balaban J connectivity index is 1.97. The molecule has 108 valence electrons. The Bertz CT molecular complexity index is 652. The minimum atomic E-state index is -0.540. The molecule has 2 aliphatic rings. The van der Waals surface area contributed by atoms with Crippen molar-refractivity contribution in [3.8, 4) is 6.07 Å². The molecule has 1 aromatic carbocycles. The Morgan fingerprint density at radius 1 is 1.48 bits per heavy atom. The highest BCUT2D eigenvalue weighted by atomic mass is 16.6. The Morgan fingerprint density at radius 3 is 3.00 bits per heavy atom. The minimum Gasteiger partial charge on any atom is -0.366 e. The van der Waals surface area contributed by atoms with Gasteiger partial charge >= 0.3 is 0 Å². The summed E-state index contributed by atoms with van der Waals surface area (Å²) in [7, 11) is 0. The number of benzene rings is 1. The lowest BCUT2D eigenvalue weighted by atomic mass is 9.91. The number of nitro groups is 1. The minimum absolute atomic E-state index is 0.0405. The van der Waals surface area contributed by atoms with E-state index in [4.69, 9.17) is 5.26 Å². The van der Waals surface area contributed by atoms with Gasteiger partial charge in [0.15, 0.2) is 0 Å². The molecule has 0 aromatic heterocycles. The van der Waals surface area contributed by atoms with Crippen molar-refractivity contribution in [1.82, 2.24) is 5.32 Å². The van der Waals surface area contributed by atoms with E-state index in [9.17, 15) is 14.9 Å². The van der Waals surface area contributed by atoms with Crippen molar-refractivity contribution in [2.45, 2.75) is 18.9 Å². The molecule has 2 unspecified atom stereocenters. The SMILES string of the molecule is N#Cc1ccc(N2CCCC3C(=O)NCC32)cc1[N+](=O)[O-]. The molecule has 2 atom stereocenters. The fourth-order valence-electron chi connectivity index (χ4n) is 3.22. The second-order valence-corrected chi connectivity index (χ2v) is 5.32. The topological polar surface area (TPSA) is 99.3 Å². The van der Waals surface area contributed by atoms with Gasteiger partial charge in [0.2, 0.25) is 5.91 Å². The van der Waals surface area contributed by atoms with Crippen LogP contribution in [0.3, 0.4) is 0 Å². The van der Waals surface area contributed by atoms with Gasteiger partial charge in [-0.15, -0.1) is 0 Å². The maximum Gasteiger partial charge on any atom is 0.289 e. The summed E-state index contributed by atoms with van der Waals surface area (Å²) >= 11 is 0. The van der Waals surface area contributed by atoms with Gasteiger partial charge in [0.1, 0.15) is 11.6 Å². The Hall–Kier alpha value is -2.62. The van der Waals surface area contributed by atoms with Gasteiger partial charge in [-0.3, -0.25) is 14.9 Å². The first kappa shape index (κ1) is 13.4. The smallest absolute Gasteiger partial charge is 0.289 e. The number of amides is 1. The zero-order valence-electron chi connectivity index (χ0n) is 11.3. The number of nitrogens with zero attached hydrogens (tertiary/aromatic N) is 3. The van der Waals surface area contributed by atoms with Crippen LogP contribution in [-0.2, 0) is 4.79 Å². The quantitative estimate of drug-likeness (QED) is 0.650. The van der Waals surface area contributed by atoms with Crippen LogP contribution in [0.25, 0.3) is 0 Å². The maximum absolute atomic E-state index is 11.8. The van der Waals surface area contributed by atoms with E-state index in [1.54, 1.807) is 6.07 Å². The molecular formula is C14H14N4O3. The second-order valence-electron chi connectivity index (χ2n) is 5.32. The Kier molecular flexibility index (Phi) is 3.22. The average molecular weight is 286 g/mol. The zero-order valence-corrected chi connectivity index (χ0v) is 11.3. The van der Waals surface area contributed by atoms with Crippen LogP contribution < -0.4 is 10.2 Å². The normalized spacial score (nSPS) is 24.1. The van der Waals surface area contributed by atoms with Crippen LogP contribution >= 0.6 is 0 Å². The fraction of sp³-hybridized carbons (Fsp3) is 0.429. The Morgan fingerprint density at radius 2 is 2.29 bits per heavy atom. The summed E-state index contributed by atoms with van der Waals surface area (Å²) < 4.78 is 0. The summed E-state index contributed by atoms with van der Waals surface area (Å²) in [5.41, 5.74) is 0.569. The third-order valence-electron chi connectivity index (χ3n) is 4.23. The summed E-state index contributed by atoms with van der Waals surface area (Å²) in [6, 6.07) is 6.50. The number of fused-ring (bicyclic) bond motifs is 1. The van der Waals surface area contributed by atoms with Gasteiger partial charge in [0.25, 0.3) is 5.69 Å². The molecule has 21 heavy (non-hydrogen) atoms. The molecule has 1 amide bonds. The van der Waals surface area contributed by atoms with Crippen LogP contribution in [0.5, 0.6) is 0 Å². The van der Waals surface area contributed by atoms with Crippen molar-refractivity contribution in [3.05, 3.63) is 33.9 Å². The molecule has 0 radical (unpaired) electrons. The van der Waals surface area contributed by atoms with Crippen molar-refractivity contribution in [3.63, 3.8) is 0 Å². The highest BCUT2D eigenvalue weighted by Gasteiger charge is 2.41. The van der Waals surface area contributed by atoms with E-state index in [2.05, 4.69) is 5.32 Å².